The molecule has 0 saturated heterocycles. The second kappa shape index (κ2) is 6.60. The number of benzene rings is 2. The van der Waals surface area contributed by atoms with Crippen molar-refractivity contribution in [2.45, 2.75) is 13.0 Å². The molecule has 0 radical (unpaired) electrons. The summed E-state index contributed by atoms with van der Waals surface area (Å²) < 4.78 is 1.97. The second-order valence-corrected chi connectivity index (χ2v) is 5.76. The molecule has 2 N–H and O–H groups in total. The summed E-state index contributed by atoms with van der Waals surface area (Å²) in [6, 6.07) is 15.8. The second-order valence-electron chi connectivity index (χ2n) is 5.76. The van der Waals surface area contributed by atoms with Gasteiger partial charge >= 0.3 is 0 Å². The third-order valence-electron chi connectivity index (χ3n) is 4.12. The first-order chi connectivity index (χ1) is 12.3. The van der Waals surface area contributed by atoms with Crippen molar-refractivity contribution in [1.82, 2.24) is 20.0 Å². The van der Waals surface area contributed by atoms with Gasteiger partial charge in [0.1, 0.15) is 0 Å². The number of nitrogens with one attached hydrogen (secondary N) is 2. The summed E-state index contributed by atoms with van der Waals surface area (Å²) in [7, 11) is 0. The molecular formula is C19H17N5O. The molecule has 0 fully saturated rings. The van der Waals surface area contributed by atoms with Crippen molar-refractivity contribution in [3.63, 3.8) is 0 Å². The van der Waals surface area contributed by atoms with Gasteiger partial charge in [0.05, 0.1) is 23.6 Å². The number of imidazole rings is 1. The minimum Gasteiger partial charge on any atom is -0.361 e. The van der Waals surface area contributed by atoms with Crippen molar-refractivity contribution in [1.29, 1.82) is 0 Å². The highest BCUT2D eigenvalue weighted by atomic mass is 16.2. The lowest BCUT2D eigenvalue weighted by Crippen LogP contribution is -2.19. The van der Waals surface area contributed by atoms with Gasteiger partial charge in [-0.2, -0.15) is 5.10 Å². The Bertz CT molecular complexity index is 1060. The molecule has 0 saturated carbocycles. The highest BCUT2D eigenvalue weighted by Gasteiger charge is 2.05. The standard InChI is InChI=1S/C19H17N5O/c25-19(9-10-24-13-21-17-7-3-4-8-18(17)24)23-22-12-14-11-20-16-6-2-1-5-15(14)16/h1-8,11-13,20H,9-10H2,(H,23,25). The molecule has 4 rings (SSSR count). The zero-order valence-corrected chi connectivity index (χ0v) is 13.5. The summed E-state index contributed by atoms with van der Waals surface area (Å²) >= 11 is 0. The molecule has 6 nitrogen and oxygen atoms in total. The summed E-state index contributed by atoms with van der Waals surface area (Å²) in [6.07, 6.45) is 5.63. The number of hydrogen-bond acceptors (Lipinski definition) is 3. The molecule has 0 bridgehead atoms. The van der Waals surface area contributed by atoms with Crippen LogP contribution in [0, 0.1) is 0 Å². The highest BCUT2D eigenvalue weighted by molar-refractivity contribution is 5.99. The Balaban J connectivity index is 1.36. The zero-order valence-electron chi connectivity index (χ0n) is 13.5. The normalized spacial score (nSPS) is 11.5. The van der Waals surface area contributed by atoms with E-state index >= 15 is 0 Å². The van der Waals surface area contributed by atoms with E-state index in [1.807, 2.05) is 59.3 Å². The Labute approximate surface area is 144 Å². The van der Waals surface area contributed by atoms with E-state index in [0.717, 1.165) is 27.5 Å². The number of hydrazone groups is 1. The number of fused-ring (bicyclic) bond motifs is 2. The van der Waals surface area contributed by atoms with Crippen LogP contribution in [0.25, 0.3) is 21.9 Å². The smallest absolute Gasteiger partial charge is 0.241 e. The van der Waals surface area contributed by atoms with Gasteiger partial charge in [-0.25, -0.2) is 10.4 Å². The molecule has 2 heterocycles. The van der Waals surface area contributed by atoms with Crippen LogP contribution in [-0.2, 0) is 11.3 Å². The Hall–Kier alpha value is -3.41. The van der Waals surface area contributed by atoms with Crippen molar-refractivity contribution >= 4 is 34.1 Å². The van der Waals surface area contributed by atoms with Gasteiger partial charge in [-0.1, -0.05) is 30.3 Å². The van der Waals surface area contributed by atoms with E-state index in [-0.39, 0.29) is 5.91 Å². The van der Waals surface area contributed by atoms with E-state index in [9.17, 15) is 4.79 Å². The predicted molar refractivity (Wildman–Crippen MR) is 98.4 cm³/mol. The number of nitrogens with zero attached hydrogens (tertiary/aromatic N) is 3. The van der Waals surface area contributed by atoms with Crippen molar-refractivity contribution < 1.29 is 4.79 Å². The molecule has 0 spiro atoms. The summed E-state index contributed by atoms with van der Waals surface area (Å²) in [6.45, 7) is 0.564. The number of aryl methyl sites for hydroxylation is 1. The Morgan fingerprint density at radius 3 is 3.00 bits per heavy atom. The molecule has 0 aliphatic rings. The molecule has 2 aromatic heterocycles. The van der Waals surface area contributed by atoms with E-state index < -0.39 is 0 Å². The average molecular weight is 331 g/mol. The molecule has 2 aromatic carbocycles. The van der Waals surface area contributed by atoms with Gasteiger partial charge in [-0.05, 0) is 18.2 Å². The molecule has 4 aromatic rings. The number of para-hydroxylation sites is 3. The van der Waals surface area contributed by atoms with Crippen LogP contribution in [0.5, 0.6) is 0 Å². The van der Waals surface area contributed by atoms with Crippen molar-refractivity contribution in [2.75, 3.05) is 0 Å². The minimum absolute atomic E-state index is 0.131. The van der Waals surface area contributed by atoms with Gasteiger partial charge in [0, 0.05) is 35.6 Å². The van der Waals surface area contributed by atoms with Gasteiger partial charge in [0.25, 0.3) is 0 Å². The van der Waals surface area contributed by atoms with Crippen LogP contribution in [0.3, 0.4) is 0 Å². The van der Waals surface area contributed by atoms with E-state index in [4.69, 9.17) is 0 Å². The lowest BCUT2D eigenvalue weighted by Gasteiger charge is -2.03. The number of rotatable bonds is 5. The van der Waals surface area contributed by atoms with E-state index in [1.54, 1.807) is 12.5 Å². The fourth-order valence-corrected chi connectivity index (χ4v) is 2.84. The number of aromatic amines is 1. The highest BCUT2D eigenvalue weighted by Crippen LogP contribution is 2.15. The molecule has 1 amide bonds. The predicted octanol–water partition coefficient (Wildman–Crippen LogP) is 3.06. The maximum absolute atomic E-state index is 12.0. The summed E-state index contributed by atoms with van der Waals surface area (Å²) in [5, 5.41) is 5.13. The number of carbonyl (C=O) groups excluding carboxylic acids is 1. The first-order valence-corrected chi connectivity index (χ1v) is 8.09. The lowest BCUT2D eigenvalue weighted by atomic mass is 10.2. The molecule has 0 atom stereocenters. The molecular weight excluding hydrogens is 314 g/mol. The monoisotopic (exact) mass is 331 g/mol. The molecule has 0 aliphatic heterocycles. The third kappa shape index (κ3) is 3.14. The fourth-order valence-electron chi connectivity index (χ4n) is 2.84. The van der Waals surface area contributed by atoms with Gasteiger partial charge in [0.2, 0.25) is 5.91 Å². The average Bonchev–Trinajstić information content (AvgIpc) is 3.24. The molecule has 0 unspecified atom stereocenters. The first-order valence-electron chi connectivity index (χ1n) is 8.09. The summed E-state index contributed by atoms with van der Waals surface area (Å²) in [5.74, 6) is -0.131. The first kappa shape index (κ1) is 15.1. The Kier molecular flexibility index (Phi) is 4.00. The van der Waals surface area contributed by atoms with Crippen LogP contribution in [0.2, 0.25) is 0 Å². The van der Waals surface area contributed by atoms with Crippen LogP contribution < -0.4 is 5.43 Å². The summed E-state index contributed by atoms with van der Waals surface area (Å²) in [5.41, 5.74) is 6.52. The van der Waals surface area contributed by atoms with Crippen LogP contribution in [0.15, 0.2) is 66.2 Å². The maximum atomic E-state index is 12.0. The summed E-state index contributed by atoms with van der Waals surface area (Å²) in [4.78, 5) is 19.5. The third-order valence-corrected chi connectivity index (χ3v) is 4.12. The number of carbonyl (C=O) groups is 1. The fraction of sp³-hybridized carbons (Fsp3) is 0.105. The minimum atomic E-state index is -0.131. The number of aromatic nitrogens is 3. The van der Waals surface area contributed by atoms with Gasteiger partial charge in [-0.3, -0.25) is 4.79 Å². The van der Waals surface area contributed by atoms with E-state index in [1.165, 1.54) is 0 Å². The topological polar surface area (TPSA) is 75.1 Å². The van der Waals surface area contributed by atoms with Crippen LogP contribution in [0.1, 0.15) is 12.0 Å². The SMILES string of the molecule is O=C(CCn1cnc2ccccc21)NN=Cc1c[nH]c2ccccc12. The molecule has 25 heavy (non-hydrogen) atoms. The Morgan fingerprint density at radius 1 is 1.20 bits per heavy atom. The molecule has 0 aliphatic carbocycles. The van der Waals surface area contributed by atoms with Crippen molar-refractivity contribution in [3.05, 3.63) is 66.6 Å². The van der Waals surface area contributed by atoms with Crippen LogP contribution in [0.4, 0.5) is 0 Å². The van der Waals surface area contributed by atoms with Gasteiger partial charge in [-0.15, -0.1) is 0 Å². The largest absolute Gasteiger partial charge is 0.361 e. The quantitative estimate of drug-likeness (QED) is 0.436. The van der Waals surface area contributed by atoms with Crippen molar-refractivity contribution in [3.8, 4) is 0 Å². The molecule has 6 heteroatoms. The lowest BCUT2D eigenvalue weighted by molar-refractivity contribution is -0.121. The number of hydrogen-bond donors (Lipinski definition) is 2. The van der Waals surface area contributed by atoms with Gasteiger partial charge < -0.3 is 9.55 Å². The van der Waals surface area contributed by atoms with E-state index in [2.05, 4.69) is 20.5 Å². The van der Waals surface area contributed by atoms with E-state index in [0.29, 0.717) is 13.0 Å². The van der Waals surface area contributed by atoms with Crippen LogP contribution in [-0.4, -0.2) is 26.7 Å². The van der Waals surface area contributed by atoms with Crippen molar-refractivity contribution in [2.24, 2.45) is 5.10 Å². The number of H-pyrrole nitrogens is 1. The van der Waals surface area contributed by atoms with Crippen LogP contribution >= 0.6 is 0 Å². The molecule has 124 valence electrons. The maximum Gasteiger partial charge on any atom is 0.241 e. The Morgan fingerprint density at radius 2 is 2.04 bits per heavy atom. The van der Waals surface area contributed by atoms with Gasteiger partial charge in [0.15, 0.2) is 0 Å². The zero-order chi connectivity index (χ0) is 17.1. The number of amides is 1.